The fraction of sp³-hybridized carbons (Fsp3) is 0.100. The Bertz CT molecular complexity index is 1000. The highest BCUT2D eigenvalue weighted by molar-refractivity contribution is 7.18. The number of rotatable bonds is 5. The highest BCUT2D eigenvalue weighted by Crippen LogP contribution is 2.36. The van der Waals surface area contributed by atoms with Gasteiger partial charge >= 0.3 is 12.0 Å². The van der Waals surface area contributed by atoms with Crippen LogP contribution in [-0.4, -0.2) is 26.2 Å². The Hall–Kier alpha value is -3.03. The summed E-state index contributed by atoms with van der Waals surface area (Å²) in [7, 11) is 2.84. The monoisotopic (exact) mass is 416 g/mol. The Morgan fingerprint density at radius 1 is 1.00 bits per heavy atom. The van der Waals surface area contributed by atoms with Crippen LogP contribution in [0.1, 0.15) is 9.67 Å². The Morgan fingerprint density at radius 2 is 1.75 bits per heavy atom. The van der Waals surface area contributed by atoms with Crippen molar-refractivity contribution in [2.45, 2.75) is 0 Å². The highest BCUT2D eigenvalue weighted by Gasteiger charge is 2.19. The number of nitrogens with one attached hydrogen (secondary N) is 2. The van der Waals surface area contributed by atoms with Crippen molar-refractivity contribution in [2.75, 3.05) is 24.9 Å². The normalized spacial score (nSPS) is 10.2. The van der Waals surface area contributed by atoms with Crippen LogP contribution in [0, 0.1) is 0 Å². The van der Waals surface area contributed by atoms with Gasteiger partial charge in [0.25, 0.3) is 0 Å². The first-order valence-corrected chi connectivity index (χ1v) is 9.39. The second-order valence-corrected chi connectivity index (χ2v) is 7.15. The van der Waals surface area contributed by atoms with E-state index in [1.165, 1.54) is 18.4 Å². The Kier molecular flexibility index (Phi) is 6.18. The number of methoxy groups -OCH3 is 2. The minimum absolute atomic E-state index is 0.299. The number of urea groups is 1. The molecule has 1 heterocycles. The summed E-state index contributed by atoms with van der Waals surface area (Å²) in [4.78, 5) is 25.6. The van der Waals surface area contributed by atoms with Crippen LogP contribution in [0.25, 0.3) is 10.4 Å². The Balaban J connectivity index is 1.84. The summed E-state index contributed by atoms with van der Waals surface area (Å²) in [5.41, 5.74) is 1.80. The van der Waals surface area contributed by atoms with Crippen LogP contribution < -0.4 is 15.4 Å². The number of anilines is 2. The maximum Gasteiger partial charge on any atom is 0.350 e. The SMILES string of the molecule is COC(=O)c1sc(-c2ccc(Cl)cc2)cc1NC(=O)Nc1cccc(OC)c1. The Labute approximate surface area is 171 Å². The minimum Gasteiger partial charge on any atom is -0.497 e. The van der Waals surface area contributed by atoms with E-state index in [9.17, 15) is 9.59 Å². The first-order chi connectivity index (χ1) is 13.5. The van der Waals surface area contributed by atoms with Crippen LogP contribution in [0.15, 0.2) is 54.6 Å². The molecule has 8 heteroatoms. The minimum atomic E-state index is -0.526. The molecule has 0 unspecified atom stereocenters. The predicted molar refractivity (Wildman–Crippen MR) is 112 cm³/mol. The van der Waals surface area contributed by atoms with E-state index in [2.05, 4.69) is 10.6 Å². The van der Waals surface area contributed by atoms with E-state index in [0.29, 0.717) is 27.0 Å². The van der Waals surface area contributed by atoms with Gasteiger partial charge in [0.15, 0.2) is 0 Å². The molecule has 2 amide bonds. The molecule has 0 aliphatic heterocycles. The molecule has 0 bridgehead atoms. The van der Waals surface area contributed by atoms with Crippen molar-refractivity contribution in [3.8, 4) is 16.2 Å². The maximum absolute atomic E-state index is 12.4. The molecule has 6 nitrogen and oxygen atoms in total. The van der Waals surface area contributed by atoms with Gasteiger partial charge in [-0.05, 0) is 35.9 Å². The number of hydrogen-bond acceptors (Lipinski definition) is 5. The van der Waals surface area contributed by atoms with Crippen LogP contribution in [0.2, 0.25) is 5.02 Å². The zero-order valence-corrected chi connectivity index (χ0v) is 16.7. The molecule has 0 radical (unpaired) electrons. The lowest BCUT2D eigenvalue weighted by atomic mass is 10.2. The van der Waals surface area contributed by atoms with E-state index >= 15 is 0 Å². The van der Waals surface area contributed by atoms with Crippen LogP contribution in [0.3, 0.4) is 0 Å². The van der Waals surface area contributed by atoms with Crippen molar-refractivity contribution in [1.82, 2.24) is 0 Å². The molecule has 0 aliphatic carbocycles. The lowest BCUT2D eigenvalue weighted by Crippen LogP contribution is -2.20. The van der Waals surface area contributed by atoms with Gasteiger partial charge < -0.3 is 20.1 Å². The van der Waals surface area contributed by atoms with Crippen molar-refractivity contribution in [3.63, 3.8) is 0 Å². The number of carbonyl (C=O) groups excluding carboxylic acids is 2. The lowest BCUT2D eigenvalue weighted by Gasteiger charge is -2.08. The number of benzene rings is 2. The van der Waals surface area contributed by atoms with Crippen molar-refractivity contribution in [3.05, 3.63) is 64.5 Å². The summed E-state index contributed by atoms with van der Waals surface area (Å²) < 4.78 is 9.98. The van der Waals surface area contributed by atoms with Crippen LogP contribution in [-0.2, 0) is 4.74 Å². The number of amides is 2. The molecular weight excluding hydrogens is 400 g/mol. The molecule has 28 heavy (non-hydrogen) atoms. The fourth-order valence-corrected chi connectivity index (χ4v) is 3.63. The van der Waals surface area contributed by atoms with E-state index in [4.69, 9.17) is 21.1 Å². The maximum atomic E-state index is 12.4. The van der Waals surface area contributed by atoms with E-state index in [1.54, 1.807) is 49.6 Å². The topological polar surface area (TPSA) is 76.7 Å². The summed E-state index contributed by atoms with van der Waals surface area (Å²) in [6, 6.07) is 15.4. The van der Waals surface area contributed by atoms with E-state index in [1.807, 2.05) is 12.1 Å². The number of halogens is 1. The third kappa shape index (κ3) is 4.62. The fourth-order valence-electron chi connectivity index (χ4n) is 2.47. The van der Waals surface area contributed by atoms with Crippen molar-refractivity contribution in [1.29, 1.82) is 0 Å². The second kappa shape index (κ2) is 8.77. The van der Waals surface area contributed by atoms with Gasteiger partial charge in [0.05, 0.1) is 19.9 Å². The molecule has 2 aromatic carbocycles. The smallest absolute Gasteiger partial charge is 0.350 e. The first kappa shape index (κ1) is 19.7. The molecule has 0 fully saturated rings. The average molecular weight is 417 g/mol. The third-order valence-corrected chi connectivity index (χ3v) is 5.22. The van der Waals surface area contributed by atoms with Gasteiger partial charge in [-0.1, -0.05) is 29.8 Å². The summed E-state index contributed by atoms with van der Waals surface area (Å²) in [5, 5.41) is 6.03. The standard InChI is InChI=1S/C20H17ClN2O4S/c1-26-15-5-3-4-14(10-15)22-20(25)23-16-11-17(28-18(16)19(24)27-2)12-6-8-13(21)9-7-12/h3-11H,1-2H3,(H2,22,23,25). The number of thiophene rings is 1. The molecule has 144 valence electrons. The zero-order valence-electron chi connectivity index (χ0n) is 15.1. The average Bonchev–Trinajstić information content (AvgIpc) is 3.11. The molecule has 0 saturated heterocycles. The van der Waals surface area contributed by atoms with Gasteiger partial charge in [-0.2, -0.15) is 0 Å². The van der Waals surface area contributed by atoms with Gasteiger partial charge in [0, 0.05) is 21.7 Å². The summed E-state index contributed by atoms with van der Waals surface area (Å²) in [5.74, 6) is 0.0931. The van der Waals surface area contributed by atoms with Crippen LogP contribution >= 0.6 is 22.9 Å². The van der Waals surface area contributed by atoms with Gasteiger partial charge in [0.1, 0.15) is 10.6 Å². The molecule has 0 spiro atoms. The summed E-state index contributed by atoms with van der Waals surface area (Å²) >= 11 is 7.16. The van der Waals surface area contributed by atoms with Crippen molar-refractivity contribution in [2.24, 2.45) is 0 Å². The molecule has 0 saturated carbocycles. The number of esters is 1. The second-order valence-electron chi connectivity index (χ2n) is 5.66. The summed E-state index contributed by atoms with van der Waals surface area (Å²) in [6.07, 6.45) is 0. The number of carbonyl (C=O) groups is 2. The van der Waals surface area contributed by atoms with E-state index < -0.39 is 12.0 Å². The predicted octanol–water partition coefficient (Wildman–Crippen LogP) is 5.51. The Morgan fingerprint density at radius 3 is 2.43 bits per heavy atom. The molecule has 0 atom stereocenters. The highest BCUT2D eigenvalue weighted by atomic mass is 35.5. The number of ether oxygens (including phenoxy) is 2. The molecule has 0 aliphatic rings. The van der Waals surface area contributed by atoms with Gasteiger partial charge in [-0.15, -0.1) is 11.3 Å². The zero-order chi connectivity index (χ0) is 20.1. The first-order valence-electron chi connectivity index (χ1n) is 8.20. The molecular formula is C20H17ClN2O4S. The largest absolute Gasteiger partial charge is 0.497 e. The van der Waals surface area contributed by atoms with E-state index in [0.717, 1.165) is 10.4 Å². The molecule has 3 rings (SSSR count). The molecule has 1 aromatic heterocycles. The third-order valence-electron chi connectivity index (χ3n) is 3.81. The molecule has 3 aromatic rings. The van der Waals surface area contributed by atoms with Gasteiger partial charge in [-0.25, -0.2) is 9.59 Å². The van der Waals surface area contributed by atoms with E-state index in [-0.39, 0.29) is 0 Å². The van der Waals surface area contributed by atoms with Gasteiger partial charge in [0.2, 0.25) is 0 Å². The van der Waals surface area contributed by atoms with Gasteiger partial charge in [-0.3, -0.25) is 0 Å². The number of hydrogen-bond donors (Lipinski definition) is 2. The molecule has 2 N–H and O–H groups in total. The van der Waals surface area contributed by atoms with Crippen LogP contribution in [0.4, 0.5) is 16.2 Å². The van der Waals surface area contributed by atoms with Crippen LogP contribution in [0.5, 0.6) is 5.75 Å². The lowest BCUT2D eigenvalue weighted by molar-refractivity contribution is 0.0607. The van der Waals surface area contributed by atoms with Crippen molar-refractivity contribution >= 4 is 46.3 Å². The quantitative estimate of drug-likeness (QED) is 0.538. The van der Waals surface area contributed by atoms with Crippen molar-refractivity contribution < 1.29 is 19.1 Å². The summed E-state index contributed by atoms with van der Waals surface area (Å²) in [6.45, 7) is 0.